The van der Waals surface area contributed by atoms with Crippen molar-refractivity contribution in [1.82, 2.24) is 4.90 Å². The minimum Gasteiger partial charge on any atom is -0.497 e. The maximum Gasteiger partial charge on any atom is 0.410 e. The summed E-state index contributed by atoms with van der Waals surface area (Å²) in [5.74, 6) is 0.620. The summed E-state index contributed by atoms with van der Waals surface area (Å²) in [5.41, 5.74) is 0.480. The second-order valence-electron chi connectivity index (χ2n) is 6.78. The highest BCUT2D eigenvalue weighted by Crippen LogP contribution is 2.45. The minimum absolute atomic E-state index is 0.0736. The first kappa shape index (κ1) is 14.7. The molecule has 0 aromatic heterocycles. The Hall–Kier alpha value is -2.24. The fourth-order valence-electron chi connectivity index (χ4n) is 2.91. The van der Waals surface area contributed by atoms with E-state index in [1.54, 1.807) is 18.1 Å². The van der Waals surface area contributed by atoms with E-state index >= 15 is 0 Å². The molecular weight excluding hydrogens is 284 g/mol. The fraction of sp³-hybridized carbons (Fsp3) is 0.500. The molecule has 0 aliphatic carbocycles. The van der Waals surface area contributed by atoms with Crippen LogP contribution in [0.5, 0.6) is 5.75 Å². The molecule has 1 saturated heterocycles. The molecular formula is C16H20N2O4. The predicted molar refractivity (Wildman–Crippen MR) is 81.1 cm³/mol. The van der Waals surface area contributed by atoms with Crippen LogP contribution in [0.3, 0.4) is 0 Å². The lowest BCUT2D eigenvalue weighted by Crippen LogP contribution is -2.64. The molecule has 0 bridgehead atoms. The van der Waals surface area contributed by atoms with E-state index in [4.69, 9.17) is 9.47 Å². The maximum atomic E-state index is 12.4. The first-order valence-electron chi connectivity index (χ1n) is 7.23. The van der Waals surface area contributed by atoms with Crippen LogP contribution in [-0.2, 0) is 14.9 Å². The Kier molecular flexibility index (Phi) is 3.09. The van der Waals surface area contributed by atoms with Crippen molar-refractivity contribution in [3.05, 3.63) is 23.8 Å². The molecule has 3 rings (SSSR count). The van der Waals surface area contributed by atoms with Crippen molar-refractivity contribution in [2.45, 2.75) is 31.8 Å². The smallest absolute Gasteiger partial charge is 0.410 e. The van der Waals surface area contributed by atoms with Crippen LogP contribution in [0.2, 0.25) is 0 Å². The lowest BCUT2D eigenvalue weighted by atomic mass is 9.75. The Bertz CT molecular complexity index is 642. The summed E-state index contributed by atoms with van der Waals surface area (Å²) < 4.78 is 10.5. The third-order valence-electron chi connectivity index (χ3n) is 4.00. The van der Waals surface area contributed by atoms with Gasteiger partial charge in [0, 0.05) is 24.8 Å². The summed E-state index contributed by atoms with van der Waals surface area (Å²) in [4.78, 5) is 26.0. The summed E-state index contributed by atoms with van der Waals surface area (Å²) in [7, 11) is 1.59. The van der Waals surface area contributed by atoms with E-state index in [-0.39, 0.29) is 12.0 Å². The monoisotopic (exact) mass is 304 g/mol. The quantitative estimate of drug-likeness (QED) is 0.863. The number of anilines is 1. The Labute approximate surface area is 129 Å². The molecule has 1 aromatic rings. The molecule has 0 unspecified atom stereocenters. The standard InChI is InChI=1S/C16H20N2O4/c1-15(2,3)22-14(20)18-8-16(9-18)11-6-5-10(21-4)7-12(11)17-13(16)19/h5-7H,8-9H2,1-4H3,(H,17,19). The Morgan fingerprint density at radius 3 is 2.59 bits per heavy atom. The van der Waals surface area contributed by atoms with E-state index in [0.29, 0.717) is 18.8 Å². The molecule has 2 heterocycles. The number of rotatable bonds is 1. The van der Waals surface area contributed by atoms with Gasteiger partial charge in [-0.05, 0) is 32.4 Å². The van der Waals surface area contributed by atoms with E-state index in [0.717, 1.165) is 11.3 Å². The SMILES string of the molecule is COc1ccc2c(c1)NC(=O)C21CN(C(=O)OC(C)(C)C)C1. The summed E-state index contributed by atoms with van der Waals surface area (Å²) in [6.45, 7) is 6.15. The fourth-order valence-corrected chi connectivity index (χ4v) is 2.91. The molecule has 2 aliphatic rings. The highest BCUT2D eigenvalue weighted by molar-refractivity contribution is 6.08. The second kappa shape index (κ2) is 4.63. The van der Waals surface area contributed by atoms with Crippen molar-refractivity contribution in [1.29, 1.82) is 0 Å². The van der Waals surface area contributed by atoms with Crippen molar-refractivity contribution in [3.8, 4) is 5.75 Å². The molecule has 0 saturated carbocycles. The number of fused-ring (bicyclic) bond motifs is 2. The first-order chi connectivity index (χ1) is 10.2. The van der Waals surface area contributed by atoms with Crippen LogP contribution < -0.4 is 10.1 Å². The number of amides is 2. The van der Waals surface area contributed by atoms with Crippen LogP contribution in [0.25, 0.3) is 0 Å². The highest BCUT2D eigenvalue weighted by Gasteiger charge is 2.57. The molecule has 118 valence electrons. The predicted octanol–water partition coefficient (Wildman–Crippen LogP) is 2.14. The summed E-state index contributed by atoms with van der Waals surface area (Å²) in [6.07, 6.45) is -0.382. The van der Waals surface area contributed by atoms with E-state index in [9.17, 15) is 9.59 Å². The molecule has 22 heavy (non-hydrogen) atoms. The molecule has 6 heteroatoms. The molecule has 1 fully saturated rings. The normalized spacial score (nSPS) is 18.5. The van der Waals surface area contributed by atoms with Crippen LogP contribution >= 0.6 is 0 Å². The first-order valence-corrected chi connectivity index (χ1v) is 7.23. The van der Waals surface area contributed by atoms with Gasteiger partial charge in [-0.2, -0.15) is 0 Å². The van der Waals surface area contributed by atoms with Gasteiger partial charge in [0.2, 0.25) is 5.91 Å². The molecule has 2 aliphatic heterocycles. The summed E-state index contributed by atoms with van der Waals surface area (Å²) in [5, 5.41) is 2.87. The number of carbonyl (C=O) groups is 2. The summed E-state index contributed by atoms with van der Waals surface area (Å²) in [6, 6.07) is 5.52. The van der Waals surface area contributed by atoms with E-state index < -0.39 is 11.0 Å². The number of carbonyl (C=O) groups excluding carboxylic acids is 2. The third-order valence-corrected chi connectivity index (χ3v) is 4.00. The van der Waals surface area contributed by atoms with Crippen LogP contribution in [-0.4, -0.2) is 42.7 Å². The van der Waals surface area contributed by atoms with Crippen molar-refractivity contribution in [2.75, 3.05) is 25.5 Å². The number of nitrogens with one attached hydrogen (secondary N) is 1. The van der Waals surface area contributed by atoms with Crippen molar-refractivity contribution < 1.29 is 19.1 Å². The number of nitrogens with zero attached hydrogens (tertiary/aromatic N) is 1. The van der Waals surface area contributed by atoms with Gasteiger partial charge >= 0.3 is 6.09 Å². The highest BCUT2D eigenvalue weighted by atomic mass is 16.6. The number of hydrogen-bond donors (Lipinski definition) is 1. The van der Waals surface area contributed by atoms with E-state index in [1.807, 2.05) is 32.9 Å². The van der Waals surface area contributed by atoms with Gasteiger partial charge in [0.05, 0.1) is 7.11 Å². The zero-order valence-corrected chi connectivity index (χ0v) is 13.2. The third kappa shape index (κ3) is 2.19. The van der Waals surface area contributed by atoms with Gasteiger partial charge < -0.3 is 19.7 Å². The van der Waals surface area contributed by atoms with Crippen LogP contribution in [0.4, 0.5) is 10.5 Å². The van der Waals surface area contributed by atoms with Crippen molar-refractivity contribution >= 4 is 17.7 Å². The Morgan fingerprint density at radius 1 is 1.32 bits per heavy atom. The Morgan fingerprint density at radius 2 is 2.00 bits per heavy atom. The van der Waals surface area contributed by atoms with Gasteiger partial charge in [0.1, 0.15) is 16.8 Å². The van der Waals surface area contributed by atoms with E-state index in [1.165, 1.54) is 0 Å². The van der Waals surface area contributed by atoms with E-state index in [2.05, 4.69) is 5.32 Å². The lowest BCUT2D eigenvalue weighted by molar-refractivity contribution is -0.126. The average Bonchev–Trinajstić information content (AvgIpc) is 2.65. The van der Waals surface area contributed by atoms with Gasteiger partial charge in [0.15, 0.2) is 0 Å². The summed E-state index contributed by atoms with van der Waals surface area (Å²) >= 11 is 0. The van der Waals surface area contributed by atoms with Gasteiger partial charge in [-0.1, -0.05) is 6.07 Å². The molecule has 6 nitrogen and oxygen atoms in total. The maximum absolute atomic E-state index is 12.4. The van der Waals surface area contributed by atoms with Gasteiger partial charge in [-0.15, -0.1) is 0 Å². The number of hydrogen-bond acceptors (Lipinski definition) is 4. The average molecular weight is 304 g/mol. The van der Waals surface area contributed by atoms with Gasteiger partial charge in [0.25, 0.3) is 0 Å². The molecule has 0 radical (unpaired) electrons. The topological polar surface area (TPSA) is 67.9 Å². The van der Waals surface area contributed by atoms with Crippen LogP contribution in [0.15, 0.2) is 18.2 Å². The molecule has 1 aromatic carbocycles. The zero-order chi connectivity index (χ0) is 16.1. The number of ether oxygens (including phenoxy) is 2. The van der Waals surface area contributed by atoms with Gasteiger partial charge in [-0.25, -0.2) is 4.79 Å². The lowest BCUT2D eigenvalue weighted by Gasteiger charge is -2.46. The van der Waals surface area contributed by atoms with Crippen molar-refractivity contribution in [2.24, 2.45) is 0 Å². The number of likely N-dealkylation sites (tertiary alicyclic amines) is 1. The van der Waals surface area contributed by atoms with Crippen LogP contribution in [0, 0.1) is 0 Å². The largest absolute Gasteiger partial charge is 0.497 e. The second-order valence-corrected chi connectivity index (χ2v) is 6.78. The molecule has 0 atom stereocenters. The molecule has 2 amide bonds. The molecule has 1 N–H and O–H groups in total. The number of benzene rings is 1. The number of methoxy groups -OCH3 is 1. The molecule has 1 spiro atoms. The van der Waals surface area contributed by atoms with Crippen LogP contribution in [0.1, 0.15) is 26.3 Å². The van der Waals surface area contributed by atoms with Gasteiger partial charge in [-0.3, -0.25) is 4.79 Å². The Balaban J connectivity index is 1.78. The zero-order valence-electron chi connectivity index (χ0n) is 13.2. The van der Waals surface area contributed by atoms with Crippen molar-refractivity contribution in [3.63, 3.8) is 0 Å². The minimum atomic E-state index is -0.654.